The molecule has 2 N–H and O–H groups in total. The summed E-state index contributed by atoms with van der Waals surface area (Å²) in [6.45, 7) is 1.33. The lowest BCUT2D eigenvalue weighted by molar-refractivity contribution is 0.0735. The number of amides is 1. The van der Waals surface area contributed by atoms with Gasteiger partial charge in [-0.15, -0.1) is 11.3 Å². The van der Waals surface area contributed by atoms with Crippen LogP contribution in [0.2, 0.25) is 5.15 Å². The maximum atomic E-state index is 12.5. The van der Waals surface area contributed by atoms with Gasteiger partial charge in [0.2, 0.25) is 0 Å². The molecule has 0 saturated carbocycles. The highest BCUT2D eigenvalue weighted by molar-refractivity contribution is 7.10. The molecule has 0 unspecified atom stereocenters. The molecule has 0 saturated heterocycles. The van der Waals surface area contributed by atoms with E-state index in [-0.39, 0.29) is 11.1 Å². The zero-order valence-electron chi connectivity index (χ0n) is 10.1. The first-order chi connectivity index (χ1) is 9.15. The SMILES string of the molecule is Nc1cnc(Cl)c(C(=O)N2CCc3sccc3C2)c1. The molecule has 6 heteroatoms. The predicted molar refractivity (Wildman–Crippen MR) is 76.4 cm³/mol. The Bertz CT molecular complexity index is 641. The lowest BCUT2D eigenvalue weighted by Crippen LogP contribution is -2.35. The topological polar surface area (TPSA) is 59.2 Å². The second-order valence-electron chi connectivity index (χ2n) is 4.45. The van der Waals surface area contributed by atoms with Gasteiger partial charge in [-0.05, 0) is 29.5 Å². The molecule has 1 aliphatic rings. The number of pyridine rings is 1. The monoisotopic (exact) mass is 293 g/mol. The van der Waals surface area contributed by atoms with Gasteiger partial charge in [-0.1, -0.05) is 11.6 Å². The first kappa shape index (κ1) is 12.4. The van der Waals surface area contributed by atoms with E-state index in [1.807, 2.05) is 0 Å². The summed E-state index contributed by atoms with van der Waals surface area (Å²) in [5.74, 6) is -0.110. The van der Waals surface area contributed by atoms with E-state index in [9.17, 15) is 4.79 Å². The molecule has 0 aromatic carbocycles. The summed E-state index contributed by atoms with van der Waals surface area (Å²) in [6.07, 6.45) is 2.35. The molecule has 0 radical (unpaired) electrons. The molecular weight excluding hydrogens is 282 g/mol. The molecule has 0 spiro atoms. The molecule has 2 aromatic heterocycles. The standard InChI is InChI=1S/C13H12ClN3OS/c14-12-10(5-9(15)6-16-12)13(18)17-3-1-11-8(7-17)2-4-19-11/h2,4-6H,1,3,7,15H2. The molecule has 0 atom stereocenters. The van der Waals surface area contributed by atoms with Gasteiger partial charge in [0.05, 0.1) is 17.4 Å². The Morgan fingerprint density at radius 1 is 1.53 bits per heavy atom. The highest BCUT2D eigenvalue weighted by Crippen LogP contribution is 2.26. The smallest absolute Gasteiger partial charge is 0.257 e. The summed E-state index contributed by atoms with van der Waals surface area (Å²) in [4.78, 5) is 19.5. The van der Waals surface area contributed by atoms with Crippen molar-refractivity contribution >= 4 is 34.5 Å². The van der Waals surface area contributed by atoms with Crippen molar-refractivity contribution < 1.29 is 4.79 Å². The average molecular weight is 294 g/mol. The van der Waals surface area contributed by atoms with Gasteiger partial charge in [0.25, 0.3) is 5.91 Å². The van der Waals surface area contributed by atoms with Crippen LogP contribution >= 0.6 is 22.9 Å². The van der Waals surface area contributed by atoms with Crippen LogP contribution < -0.4 is 5.73 Å². The highest BCUT2D eigenvalue weighted by atomic mass is 35.5. The number of hydrogen-bond acceptors (Lipinski definition) is 4. The Morgan fingerprint density at radius 3 is 3.21 bits per heavy atom. The fourth-order valence-corrected chi connectivity index (χ4v) is 3.28. The van der Waals surface area contributed by atoms with Gasteiger partial charge in [0.1, 0.15) is 5.15 Å². The number of nitrogens with two attached hydrogens (primary N) is 1. The van der Waals surface area contributed by atoms with Crippen LogP contribution in [-0.2, 0) is 13.0 Å². The second kappa shape index (κ2) is 4.83. The Hall–Kier alpha value is -1.59. The third-order valence-corrected chi connectivity index (χ3v) is 4.51. The van der Waals surface area contributed by atoms with E-state index in [1.54, 1.807) is 22.3 Å². The number of hydrogen-bond donors (Lipinski definition) is 1. The van der Waals surface area contributed by atoms with Crippen molar-refractivity contribution in [3.8, 4) is 0 Å². The number of carbonyl (C=O) groups excluding carboxylic acids is 1. The molecule has 0 fully saturated rings. The number of rotatable bonds is 1. The Balaban J connectivity index is 1.87. The van der Waals surface area contributed by atoms with Gasteiger partial charge in [-0.2, -0.15) is 0 Å². The van der Waals surface area contributed by atoms with Gasteiger partial charge in [0.15, 0.2) is 0 Å². The molecule has 3 rings (SSSR count). The third-order valence-electron chi connectivity index (χ3n) is 3.19. The van der Waals surface area contributed by atoms with Crippen molar-refractivity contribution in [1.82, 2.24) is 9.88 Å². The molecule has 0 bridgehead atoms. The number of nitrogen functional groups attached to an aromatic ring is 1. The maximum absolute atomic E-state index is 12.5. The summed E-state index contributed by atoms with van der Waals surface area (Å²) >= 11 is 7.72. The average Bonchev–Trinajstić information content (AvgIpc) is 2.88. The van der Waals surface area contributed by atoms with Crippen molar-refractivity contribution in [3.63, 3.8) is 0 Å². The van der Waals surface area contributed by atoms with Crippen LogP contribution in [0.25, 0.3) is 0 Å². The number of halogens is 1. The van der Waals surface area contributed by atoms with Gasteiger partial charge in [-0.25, -0.2) is 4.98 Å². The molecule has 1 aliphatic heterocycles. The zero-order valence-corrected chi connectivity index (χ0v) is 11.7. The van der Waals surface area contributed by atoms with Crippen molar-refractivity contribution in [2.45, 2.75) is 13.0 Å². The Kier molecular flexibility index (Phi) is 3.16. The fourth-order valence-electron chi connectivity index (χ4n) is 2.21. The lowest BCUT2D eigenvalue weighted by atomic mass is 10.1. The van der Waals surface area contributed by atoms with Crippen LogP contribution in [0.4, 0.5) is 5.69 Å². The fraction of sp³-hybridized carbons (Fsp3) is 0.231. The number of anilines is 1. The van der Waals surface area contributed by atoms with E-state index in [0.29, 0.717) is 24.3 Å². The minimum Gasteiger partial charge on any atom is -0.397 e. The van der Waals surface area contributed by atoms with E-state index in [2.05, 4.69) is 16.4 Å². The van der Waals surface area contributed by atoms with Crippen molar-refractivity contribution in [2.75, 3.05) is 12.3 Å². The quantitative estimate of drug-likeness (QED) is 0.822. The van der Waals surface area contributed by atoms with Crippen LogP contribution in [-0.4, -0.2) is 22.3 Å². The number of carbonyl (C=O) groups is 1. The van der Waals surface area contributed by atoms with Crippen LogP contribution in [0.3, 0.4) is 0 Å². The van der Waals surface area contributed by atoms with E-state index in [1.165, 1.54) is 16.6 Å². The normalized spacial score (nSPS) is 14.3. The Labute approximate surface area is 119 Å². The first-order valence-electron chi connectivity index (χ1n) is 5.90. The molecule has 98 valence electrons. The molecule has 0 aliphatic carbocycles. The lowest BCUT2D eigenvalue weighted by Gasteiger charge is -2.27. The van der Waals surface area contributed by atoms with Crippen LogP contribution in [0.5, 0.6) is 0 Å². The minimum absolute atomic E-state index is 0.110. The summed E-state index contributed by atoms with van der Waals surface area (Å²) in [5, 5.41) is 2.27. The van der Waals surface area contributed by atoms with Crippen LogP contribution in [0.1, 0.15) is 20.8 Å². The largest absolute Gasteiger partial charge is 0.397 e. The number of aromatic nitrogens is 1. The molecule has 1 amide bonds. The first-order valence-corrected chi connectivity index (χ1v) is 7.16. The summed E-state index contributed by atoms with van der Waals surface area (Å²) < 4.78 is 0. The molecule has 3 heterocycles. The maximum Gasteiger partial charge on any atom is 0.257 e. The molecule has 2 aromatic rings. The minimum atomic E-state index is -0.110. The summed E-state index contributed by atoms with van der Waals surface area (Å²) in [6, 6.07) is 3.65. The Morgan fingerprint density at radius 2 is 2.37 bits per heavy atom. The van der Waals surface area contributed by atoms with E-state index >= 15 is 0 Å². The van der Waals surface area contributed by atoms with Crippen molar-refractivity contribution in [2.24, 2.45) is 0 Å². The van der Waals surface area contributed by atoms with Crippen LogP contribution in [0, 0.1) is 0 Å². The zero-order chi connectivity index (χ0) is 13.4. The van der Waals surface area contributed by atoms with E-state index in [4.69, 9.17) is 17.3 Å². The summed E-state index contributed by atoms with van der Waals surface area (Å²) in [5.41, 5.74) is 7.71. The van der Waals surface area contributed by atoms with Gasteiger partial charge < -0.3 is 10.6 Å². The van der Waals surface area contributed by atoms with Gasteiger partial charge >= 0.3 is 0 Å². The number of thiophene rings is 1. The highest BCUT2D eigenvalue weighted by Gasteiger charge is 2.24. The second-order valence-corrected chi connectivity index (χ2v) is 5.81. The van der Waals surface area contributed by atoms with Gasteiger partial charge in [-0.3, -0.25) is 4.79 Å². The molecule has 19 heavy (non-hydrogen) atoms. The number of fused-ring (bicyclic) bond motifs is 1. The predicted octanol–water partition coefficient (Wildman–Crippen LogP) is 2.58. The van der Waals surface area contributed by atoms with Crippen molar-refractivity contribution in [1.29, 1.82) is 0 Å². The van der Waals surface area contributed by atoms with Crippen molar-refractivity contribution in [3.05, 3.63) is 44.9 Å². The summed E-state index contributed by atoms with van der Waals surface area (Å²) in [7, 11) is 0. The molecule has 4 nitrogen and oxygen atoms in total. The van der Waals surface area contributed by atoms with Crippen LogP contribution in [0.15, 0.2) is 23.7 Å². The van der Waals surface area contributed by atoms with E-state index < -0.39 is 0 Å². The van der Waals surface area contributed by atoms with E-state index in [0.717, 1.165) is 6.42 Å². The molecular formula is C13H12ClN3OS. The third kappa shape index (κ3) is 2.31. The number of nitrogens with zero attached hydrogens (tertiary/aromatic N) is 2. The van der Waals surface area contributed by atoms with Gasteiger partial charge in [0, 0.05) is 18.0 Å².